The van der Waals surface area contributed by atoms with Crippen molar-refractivity contribution in [3.8, 4) is 0 Å². The van der Waals surface area contributed by atoms with E-state index in [-0.39, 0.29) is 46.6 Å². The third-order valence-corrected chi connectivity index (χ3v) is 15.7. The lowest BCUT2D eigenvalue weighted by Gasteiger charge is -2.67. The van der Waals surface area contributed by atoms with Crippen LogP contribution in [0.1, 0.15) is 125 Å². The number of Topliss-reactive ketones (excluding diaryl/α,β-unsaturated/α-hetero) is 1. The molecule has 0 bridgehead atoms. The molecule has 296 valence electrons. The summed E-state index contributed by atoms with van der Waals surface area (Å²) in [5.41, 5.74) is 3.92. The van der Waals surface area contributed by atoms with Crippen LogP contribution in [0.3, 0.4) is 0 Å². The van der Waals surface area contributed by atoms with E-state index in [1.54, 1.807) is 19.9 Å². The lowest BCUT2D eigenvalue weighted by Crippen LogP contribution is -2.60. The normalized spacial score (nSPS) is 35.3. The van der Waals surface area contributed by atoms with Gasteiger partial charge in [-0.25, -0.2) is 5.01 Å². The fourth-order valence-electron chi connectivity index (χ4n) is 12.9. The van der Waals surface area contributed by atoms with Crippen LogP contribution in [0.25, 0.3) is 0 Å². The van der Waals surface area contributed by atoms with Gasteiger partial charge in [-0.05, 0) is 133 Å². The number of ether oxygens (including phenoxy) is 1. The summed E-state index contributed by atoms with van der Waals surface area (Å²) in [6, 6.07) is 7.88. The Kier molecular flexibility index (Phi) is 11.6. The van der Waals surface area contributed by atoms with Crippen molar-refractivity contribution in [1.82, 2.24) is 10.0 Å². The summed E-state index contributed by atoms with van der Waals surface area (Å²) >= 11 is 6.16. The summed E-state index contributed by atoms with van der Waals surface area (Å²) < 4.78 is 6.13. The molecule has 54 heavy (non-hydrogen) atoms. The molecule has 5 aliphatic rings. The fourth-order valence-corrected chi connectivity index (χ4v) is 13.0. The SMILES string of the molecule is CC(C)C1=C2C3CCC4C(C)(CCC5C(C)C(OC(=O)CC(C)(C)C=O)CCC54C)C3CCC2(C/C(=C/C=O)N(C)N(C)Cc2ccc(Cl)cc2)CC1=O. The van der Waals surface area contributed by atoms with Crippen LogP contribution in [0.15, 0.2) is 47.2 Å². The van der Waals surface area contributed by atoms with Gasteiger partial charge in [-0.2, -0.15) is 0 Å². The number of ketones is 1. The maximum atomic E-state index is 14.2. The second-order valence-corrected chi connectivity index (χ2v) is 20.0. The molecule has 0 aliphatic heterocycles. The number of carbonyl (C=O) groups excluding carboxylic acids is 4. The van der Waals surface area contributed by atoms with Crippen molar-refractivity contribution >= 4 is 35.9 Å². The van der Waals surface area contributed by atoms with Crippen molar-refractivity contribution in [3.63, 3.8) is 0 Å². The second kappa shape index (κ2) is 15.3. The van der Waals surface area contributed by atoms with E-state index in [1.807, 2.05) is 38.4 Å². The van der Waals surface area contributed by atoms with Crippen molar-refractivity contribution in [1.29, 1.82) is 0 Å². The number of benzene rings is 1. The molecular weight excluding hydrogens is 696 g/mol. The van der Waals surface area contributed by atoms with Crippen molar-refractivity contribution < 1.29 is 23.9 Å². The standard InChI is InChI=1S/C46H65ClN2O5/c1-29(2)41-37(52)25-46(24-33(19-23-50)49(9)48(8)27-31-10-12-32(47)13-11-31)22-17-36-34(42(41)46)14-15-39-44(6)21-18-38(54-40(53)26-43(4,5)28-51)30(3)35(44)16-20-45(36,39)7/h10-13,19,23,28-30,34-36,38-39H,14-18,20-22,24-27H2,1-9H3/b33-19-. The Morgan fingerprint density at radius 2 is 1.63 bits per heavy atom. The fraction of sp³-hybridized carbons (Fsp3) is 0.696. The van der Waals surface area contributed by atoms with Crippen molar-refractivity contribution in [2.45, 2.75) is 132 Å². The minimum Gasteiger partial charge on any atom is -0.462 e. The van der Waals surface area contributed by atoms with Gasteiger partial charge in [0, 0.05) is 48.6 Å². The van der Waals surface area contributed by atoms with Gasteiger partial charge in [0.05, 0.1) is 6.42 Å². The molecule has 0 N–H and O–H groups in total. The number of halogens is 1. The van der Waals surface area contributed by atoms with Crippen LogP contribution >= 0.6 is 11.6 Å². The third-order valence-electron chi connectivity index (χ3n) is 15.5. The number of hydrogen-bond donors (Lipinski definition) is 0. The summed E-state index contributed by atoms with van der Waals surface area (Å²) in [6.45, 7) is 16.1. The Bertz CT molecular complexity index is 1680. The molecule has 1 aromatic carbocycles. The first-order chi connectivity index (χ1) is 25.4. The average molecular weight is 761 g/mol. The summed E-state index contributed by atoms with van der Waals surface area (Å²) in [5.74, 6) is 2.42. The summed E-state index contributed by atoms with van der Waals surface area (Å²) in [7, 11) is 4.08. The number of rotatable bonds is 12. The first-order valence-electron chi connectivity index (χ1n) is 20.7. The quantitative estimate of drug-likeness (QED) is 0.0908. The zero-order valence-electron chi connectivity index (χ0n) is 34.4. The van der Waals surface area contributed by atoms with Crippen molar-refractivity contribution in [2.24, 2.45) is 57.2 Å². The molecular formula is C46H65ClN2O5. The largest absolute Gasteiger partial charge is 0.462 e. The van der Waals surface area contributed by atoms with E-state index >= 15 is 0 Å². The molecule has 0 spiro atoms. The molecule has 1 aromatic rings. The van der Waals surface area contributed by atoms with Gasteiger partial charge in [-0.1, -0.05) is 77.8 Å². The predicted molar refractivity (Wildman–Crippen MR) is 214 cm³/mol. The molecule has 0 aromatic heterocycles. The van der Waals surface area contributed by atoms with Crippen LogP contribution < -0.4 is 0 Å². The molecule has 0 heterocycles. The maximum absolute atomic E-state index is 14.2. The van der Waals surface area contributed by atoms with E-state index in [1.165, 1.54) is 5.57 Å². The highest BCUT2D eigenvalue weighted by Gasteiger charge is 2.65. The summed E-state index contributed by atoms with van der Waals surface area (Å²) in [4.78, 5) is 50.8. The van der Waals surface area contributed by atoms with Crippen molar-refractivity contribution in [2.75, 3.05) is 14.1 Å². The van der Waals surface area contributed by atoms with Gasteiger partial charge >= 0.3 is 5.97 Å². The van der Waals surface area contributed by atoms with E-state index in [4.69, 9.17) is 16.3 Å². The highest BCUT2D eigenvalue weighted by Crippen LogP contribution is 2.72. The Balaban J connectivity index is 1.25. The first kappa shape index (κ1) is 40.9. The van der Waals surface area contributed by atoms with Crippen LogP contribution in [0.4, 0.5) is 0 Å². The van der Waals surface area contributed by atoms with E-state index in [9.17, 15) is 19.2 Å². The lowest BCUT2D eigenvalue weighted by molar-refractivity contribution is -0.191. The van der Waals surface area contributed by atoms with E-state index < -0.39 is 5.41 Å². The smallest absolute Gasteiger partial charge is 0.307 e. The van der Waals surface area contributed by atoms with Gasteiger partial charge in [0.15, 0.2) is 5.78 Å². The van der Waals surface area contributed by atoms with Crippen molar-refractivity contribution in [3.05, 3.63) is 57.8 Å². The molecule has 6 rings (SSSR count). The Morgan fingerprint density at radius 3 is 2.28 bits per heavy atom. The molecule has 7 nitrogen and oxygen atoms in total. The molecule has 4 fully saturated rings. The zero-order valence-corrected chi connectivity index (χ0v) is 35.1. The van der Waals surface area contributed by atoms with E-state index in [2.05, 4.69) is 44.6 Å². The molecule has 9 atom stereocenters. The van der Waals surface area contributed by atoms with Crippen LogP contribution in [0.2, 0.25) is 5.02 Å². The van der Waals surface area contributed by atoms with E-state index in [0.29, 0.717) is 53.9 Å². The molecule has 0 amide bonds. The van der Waals surface area contributed by atoms with Gasteiger partial charge in [0.2, 0.25) is 0 Å². The lowest BCUT2D eigenvalue weighted by atomic mass is 9.38. The number of allylic oxidation sites excluding steroid dienone is 4. The summed E-state index contributed by atoms with van der Waals surface area (Å²) in [6.07, 6.45) is 13.2. The van der Waals surface area contributed by atoms with Gasteiger partial charge in [-0.3, -0.25) is 14.4 Å². The van der Waals surface area contributed by atoms with Crippen LogP contribution in [0, 0.1) is 57.2 Å². The second-order valence-electron chi connectivity index (χ2n) is 19.5. The van der Waals surface area contributed by atoms with Gasteiger partial charge in [-0.15, -0.1) is 0 Å². The number of aldehydes is 2. The molecule has 5 aliphatic carbocycles. The van der Waals surface area contributed by atoms with E-state index in [0.717, 1.165) is 80.8 Å². The minimum atomic E-state index is -0.711. The highest BCUT2D eigenvalue weighted by atomic mass is 35.5. The summed E-state index contributed by atoms with van der Waals surface area (Å²) in [5, 5.41) is 4.95. The number of carbonyl (C=O) groups is 4. The monoisotopic (exact) mass is 760 g/mol. The number of fused-ring (bicyclic) bond motifs is 7. The first-order valence-corrected chi connectivity index (χ1v) is 21.0. The molecule has 9 unspecified atom stereocenters. The number of nitrogens with zero attached hydrogens (tertiary/aromatic N) is 2. The minimum absolute atomic E-state index is 0.103. The topological polar surface area (TPSA) is 84.0 Å². The van der Waals surface area contributed by atoms with Crippen LogP contribution in [0.5, 0.6) is 0 Å². The molecule has 0 saturated heterocycles. The van der Waals surface area contributed by atoms with Gasteiger partial charge in [0.1, 0.15) is 18.7 Å². The average Bonchev–Trinajstić information content (AvgIpc) is 3.41. The Labute approximate surface area is 329 Å². The molecule has 4 saturated carbocycles. The maximum Gasteiger partial charge on any atom is 0.307 e. The Morgan fingerprint density at radius 1 is 0.981 bits per heavy atom. The van der Waals surface area contributed by atoms with Gasteiger partial charge in [0.25, 0.3) is 0 Å². The number of esters is 1. The van der Waals surface area contributed by atoms with Gasteiger partial charge < -0.3 is 14.5 Å². The van der Waals surface area contributed by atoms with Crippen LogP contribution in [-0.4, -0.2) is 54.5 Å². The number of hydrogen-bond acceptors (Lipinski definition) is 7. The predicted octanol–water partition coefficient (Wildman–Crippen LogP) is 9.82. The zero-order chi connectivity index (χ0) is 39.4. The third kappa shape index (κ3) is 7.30. The Hall–Kier alpha value is -2.77. The molecule has 0 radical (unpaired) electrons. The molecule has 8 heteroatoms. The van der Waals surface area contributed by atoms with Crippen LogP contribution in [-0.2, 0) is 30.5 Å². The number of hydrazine groups is 1. The highest BCUT2D eigenvalue weighted by molar-refractivity contribution is 6.30.